The molecular weight excluding hydrogens is 400 g/mol. The zero-order chi connectivity index (χ0) is 22.9. The van der Waals surface area contributed by atoms with Gasteiger partial charge in [-0.1, -0.05) is 27.7 Å². The summed E-state index contributed by atoms with van der Waals surface area (Å²) in [6, 6.07) is 4.06. The van der Waals surface area contributed by atoms with Crippen LogP contribution in [-0.4, -0.2) is 53.9 Å². The van der Waals surface area contributed by atoms with Crippen molar-refractivity contribution in [3.63, 3.8) is 0 Å². The van der Waals surface area contributed by atoms with E-state index >= 15 is 0 Å². The summed E-state index contributed by atoms with van der Waals surface area (Å²) in [5, 5.41) is 6.64. The van der Waals surface area contributed by atoms with Crippen molar-refractivity contribution in [2.45, 2.75) is 39.5 Å². The number of anilines is 3. The molecule has 0 aromatic carbocycles. The first kappa shape index (κ1) is 22.2. The van der Waals surface area contributed by atoms with Gasteiger partial charge in [-0.15, -0.1) is 0 Å². The quantitative estimate of drug-likeness (QED) is 0.621. The van der Waals surface area contributed by atoms with Crippen LogP contribution >= 0.6 is 0 Å². The minimum atomic E-state index is -0.138. The van der Waals surface area contributed by atoms with Gasteiger partial charge in [0.2, 0.25) is 5.95 Å². The van der Waals surface area contributed by atoms with Crippen LogP contribution in [0.15, 0.2) is 35.2 Å². The molecule has 4 rings (SSSR count). The Morgan fingerprint density at radius 1 is 1.19 bits per heavy atom. The fourth-order valence-electron chi connectivity index (χ4n) is 4.57. The van der Waals surface area contributed by atoms with Crippen LogP contribution in [0.2, 0.25) is 0 Å². The second-order valence-corrected chi connectivity index (χ2v) is 9.44. The van der Waals surface area contributed by atoms with Gasteiger partial charge in [-0.3, -0.25) is 4.99 Å². The van der Waals surface area contributed by atoms with Crippen LogP contribution in [0.3, 0.4) is 0 Å². The number of pyridine rings is 1. The molecule has 0 unspecified atom stereocenters. The highest BCUT2D eigenvalue weighted by atomic mass is 15.2. The maximum Gasteiger partial charge on any atom is 0.228 e. The van der Waals surface area contributed by atoms with Crippen molar-refractivity contribution in [2.75, 3.05) is 43.4 Å². The Bertz CT molecular complexity index is 1030. The summed E-state index contributed by atoms with van der Waals surface area (Å²) < 4.78 is 0. The van der Waals surface area contributed by atoms with Crippen LogP contribution in [0.25, 0.3) is 5.57 Å². The van der Waals surface area contributed by atoms with Gasteiger partial charge in [0, 0.05) is 62.0 Å². The number of hydrogen-bond donors (Lipinski definition) is 3. The Hall–Kier alpha value is -3.00. The molecule has 0 bridgehead atoms. The van der Waals surface area contributed by atoms with E-state index in [1.165, 1.54) is 0 Å². The van der Waals surface area contributed by atoms with Crippen molar-refractivity contribution in [3.05, 3.63) is 41.5 Å². The van der Waals surface area contributed by atoms with E-state index in [-0.39, 0.29) is 11.3 Å². The van der Waals surface area contributed by atoms with Crippen molar-refractivity contribution in [3.8, 4) is 0 Å². The monoisotopic (exact) mass is 434 g/mol. The number of hydrogen-bond acceptors (Lipinski definition) is 8. The average Bonchev–Trinajstić information content (AvgIpc) is 2.77. The minimum absolute atomic E-state index is 0.138. The number of aliphatic imine (C=N–C) groups is 1. The van der Waals surface area contributed by atoms with Crippen LogP contribution in [0.4, 0.5) is 17.5 Å². The van der Waals surface area contributed by atoms with E-state index in [0.717, 1.165) is 66.5 Å². The van der Waals surface area contributed by atoms with Gasteiger partial charge in [-0.2, -0.15) is 0 Å². The molecule has 0 saturated carbocycles. The SMILES string of the molecule is CN=C(C1=C(N)CC(C)(C)c2cnc(Nc3ccc(N4CCNCC4)cn3)nc21)C(C)C. The zero-order valence-corrected chi connectivity index (χ0v) is 19.7. The molecule has 1 saturated heterocycles. The number of aromatic nitrogens is 3. The van der Waals surface area contributed by atoms with Crippen molar-refractivity contribution < 1.29 is 0 Å². The topological polar surface area (TPSA) is 104 Å². The van der Waals surface area contributed by atoms with Crippen LogP contribution in [0.1, 0.15) is 45.4 Å². The first-order valence-electron chi connectivity index (χ1n) is 11.3. The lowest BCUT2D eigenvalue weighted by molar-refractivity contribution is 0.505. The van der Waals surface area contributed by atoms with Gasteiger partial charge in [0.15, 0.2) is 0 Å². The van der Waals surface area contributed by atoms with Gasteiger partial charge in [-0.05, 0) is 29.9 Å². The largest absolute Gasteiger partial charge is 0.401 e. The first-order valence-corrected chi connectivity index (χ1v) is 11.3. The fraction of sp³-hybridized carbons (Fsp3) is 0.500. The predicted molar refractivity (Wildman–Crippen MR) is 132 cm³/mol. The third-order valence-corrected chi connectivity index (χ3v) is 6.22. The highest BCUT2D eigenvalue weighted by Crippen LogP contribution is 2.41. The van der Waals surface area contributed by atoms with Crippen LogP contribution in [0.5, 0.6) is 0 Å². The lowest BCUT2D eigenvalue weighted by atomic mass is 9.73. The van der Waals surface area contributed by atoms with Crippen molar-refractivity contribution in [2.24, 2.45) is 16.6 Å². The number of nitrogens with zero attached hydrogens (tertiary/aromatic N) is 5. The molecule has 2 aromatic rings. The lowest BCUT2D eigenvalue weighted by Gasteiger charge is -2.34. The van der Waals surface area contributed by atoms with Crippen LogP contribution < -0.4 is 21.3 Å². The summed E-state index contributed by atoms with van der Waals surface area (Å²) in [7, 11) is 1.82. The van der Waals surface area contributed by atoms with Crippen LogP contribution in [-0.2, 0) is 5.41 Å². The van der Waals surface area contributed by atoms with E-state index in [0.29, 0.717) is 11.8 Å². The number of fused-ring (bicyclic) bond motifs is 1. The zero-order valence-electron chi connectivity index (χ0n) is 19.7. The Morgan fingerprint density at radius 2 is 1.94 bits per heavy atom. The number of nitrogens with two attached hydrogens (primary N) is 1. The standard InChI is InChI=1S/C24H34N8/c1-15(2)21(26-5)20-18(25)12-24(3,4)17-14-29-23(31-22(17)20)30-19-7-6-16(13-28-19)32-10-8-27-9-11-32/h6-7,13-15,27H,8-12,25H2,1-5H3,(H,28,29,30,31). The second-order valence-electron chi connectivity index (χ2n) is 9.44. The van der Waals surface area contributed by atoms with Gasteiger partial charge in [-0.25, -0.2) is 15.0 Å². The minimum Gasteiger partial charge on any atom is -0.401 e. The number of rotatable bonds is 5. The normalized spacial score (nSPS) is 18.7. The summed E-state index contributed by atoms with van der Waals surface area (Å²) >= 11 is 0. The second kappa shape index (κ2) is 8.86. The maximum absolute atomic E-state index is 6.57. The van der Waals surface area contributed by atoms with Crippen molar-refractivity contribution >= 4 is 28.7 Å². The molecule has 1 fully saturated rings. The summed E-state index contributed by atoms with van der Waals surface area (Å²) in [4.78, 5) is 21.0. The molecular formula is C24H34N8. The molecule has 170 valence electrons. The summed E-state index contributed by atoms with van der Waals surface area (Å²) in [5.74, 6) is 1.47. The van der Waals surface area contributed by atoms with E-state index in [1.54, 1.807) is 0 Å². The Morgan fingerprint density at radius 3 is 2.56 bits per heavy atom. The molecule has 0 amide bonds. The van der Waals surface area contributed by atoms with Crippen molar-refractivity contribution in [1.82, 2.24) is 20.3 Å². The molecule has 1 aliphatic carbocycles. The number of allylic oxidation sites excluding steroid dienone is 2. The van der Waals surface area contributed by atoms with Gasteiger partial charge in [0.05, 0.1) is 17.6 Å². The van der Waals surface area contributed by atoms with Gasteiger partial charge < -0.3 is 21.3 Å². The highest BCUT2D eigenvalue weighted by Gasteiger charge is 2.35. The van der Waals surface area contributed by atoms with E-state index in [9.17, 15) is 0 Å². The lowest BCUT2D eigenvalue weighted by Crippen LogP contribution is -2.43. The molecule has 0 atom stereocenters. The molecule has 32 heavy (non-hydrogen) atoms. The molecule has 0 radical (unpaired) electrons. The Balaban J connectivity index is 1.64. The fourth-order valence-corrected chi connectivity index (χ4v) is 4.57. The highest BCUT2D eigenvalue weighted by molar-refractivity contribution is 6.25. The number of piperazine rings is 1. The summed E-state index contributed by atoms with van der Waals surface area (Å²) in [6.45, 7) is 12.6. The Labute approximate surface area is 190 Å². The van der Waals surface area contributed by atoms with E-state index in [1.807, 2.05) is 25.5 Å². The molecule has 1 aliphatic heterocycles. The third kappa shape index (κ3) is 4.32. The van der Waals surface area contributed by atoms with Gasteiger partial charge >= 0.3 is 0 Å². The maximum atomic E-state index is 6.57. The third-order valence-electron chi connectivity index (χ3n) is 6.22. The molecule has 4 N–H and O–H groups in total. The van der Waals surface area contributed by atoms with Gasteiger partial charge in [0.25, 0.3) is 0 Å². The molecule has 2 aromatic heterocycles. The molecule has 8 heteroatoms. The van der Waals surface area contributed by atoms with Gasteiger partial charge in [0.1, 0.15) is 5.82 Å². The average molecular weight is 435 g/mol. The molecule has 0 spiro atoms. The molecule has 2 aliphatic rings. The molecule has 3 heterocycles. The van der Waals surface area contributed by atoms with E-state index in [2.05, 4.69) is 64.3 Å². The predicted octanol–water partition coefficient (Wildman–Crippen LogP) is 3.10. The van der Waals surface area contributed by atoms with Crippen LogP contribution in [0, 0.1) is 5.92 Å². The van der Waals surface area contributed by atoms with E-state index < -0.39 is 0 Å². The number of nitrogens with one attached hydrogen (secondary N) is 2. The Kier molecular flexibility index (Phi) is 6.15. The summed E-state index contributed by atoms with van der Waals surface area (Å²) in [6.07, 6.45) is 4.57. The summed E-state index contributed by atoms with van der Waals surface area (Å²) in [5.41, 5.74) is 12.3. The molecule has 8 nitrogen and oxygen atoms in total. The smallest absolute Gasteiger partial charge is 0.228 e. The first-order chi connectivity index (χ1) is 15.3. The van der Waals surface area contributed by atoms with E-state index in [4.69, 9.17) is 10.7 Å². The van der Waals surface area contributed by atoms with Crippen molar-refractivity contribution in [1.29, 1.82) is 0 Å².